The number of ether oxygens (including phenoxy) is 1. The number of rotatable bonds is 7. The third kappa shape index (κ3) is 4.47. The van der Waals surface area contributed by atoms with Crippen LogP contribution >= 0.6 is 0 Å². The number of benzene rings is 2. The van der Waals surface area contributed by atoms with Crippen molar-refractivity contribution in [3.8, 4) is 11.1 Å². The van der Waals surface area contributed by atoms with Crippen LogP contribution in [0.1, 0.15) is 47.8 Å². The summed E-state index contributed by atoms with van der Waals surface area (Å²) in [5.74, 6) is -1.71. The van der Waals surface area contributed by atoms with Crippen molar-refractivity contribution in [3.63, 3.8) is 0 Å². The van der Waals surface area contributed by atoms with Crippen molar-refractivity contribution in [2.24, 2.45) is 0 Å². The van der Waals surface area contributed by atoms with Gasteiger partial charge in [0.05, 0.1) is 11.9 Å². The highest BCUT2D eigenvalue weighted by molar-refractivity contribution is 5.99. The average molecular weight is 460 g/mol. The fourth-order valence-electron chi connectivity index (χ4n) is 4.03. The van der Waals surface area contributed by atoms with Crippen molar-refractivity contribution in [3.05, 3.63) is 83.7 Å². The van der Waals surface area contributed by atoms with E-state index in [1.165, 1.54) is 18.3 Å². The summed E-state index contributed by atoms with van der Waals surface area (Å²) in [5, 5.41) is 14.3. The van der Waals surface area contributed by atoms with Crippen molar-refractivity contribution >= 4 is 23.7 Å². The van der Waals surface area contributed by atoms with Crippen molar-refractivity contribution in [1.82, 2.24) is 10.3 Å². The highest BCUT2D eigenvalue weighted by atomic mass is 16.5. The van der Waals surface area contributed by atoms with Crippen LogP contribution in [0.25, 0.3) is 11.1 Å². The van der Waals surface area contributed by atoms with Gasteiger partial charge in [-0.3, -0.25) is 4.79 Å². The number of carboxylic acid groups (broad SMARTS) is 1. The molecule has 3 aromatic rings. The number of aromatic carboxylic acids is 1. The Kier molecular flexibility index (Phi) is 6.32. The number of nitrogens with one attached hydrogen (secondary N) is 2. The Morgan fingerprint density at radius 2 is 1.62 bits per heavy atom. The molecule has 0 bridgehead atoms. The maximum atomic E-state index is 12.9. The highest BCUT2D eigenvalue weighted by Gasteiger charge is 2.35. The second kappa shape index (κ2) is 9.35. The first kappa shape index (κ1) is 23.0. The SMILES string of the molecule is CCC(C)(NC(=O)OCC1c2ccccc2-c2ccccc21)C(=O)Nc1ccc(C(=O)O)nc1. The van der Waals surface area contributed by atoms with Gasteiger partial charge in [0.25, 0.3) is 0 Å². The number of hydrogen-bond donors (Lipinski definition) is 3. The molecule has 174 valence electrons. The smallest absolute Gasteiger partial charge is 0.408 e. The molecule has 0 spiro atoms. The third-order valence-electron chi connectivity index (χ3n) is 6.17. The minimum absolute atomic E-state index is 0.0846. The Labute approximate surface area is 197 Å². The predicted molar refractivity (Wildman–Crippen MR) is 127 cm³/mol. The molecule has 0 saturated carbocycles. The van der Waals surface area contributed by atoms with Crippen molar-refractivity contribution in [1.29, 1.82) is 0 Å². The fraction of sp³-hybridized carbons (Fsp3) is 0.231. The number of carboxylic acids is 1. The van der Waals surface area contributed by atoms with Gasteiger partial charge in [-0.25, -0.2) is 14.6 Å². The quantitative estimate of drug-likeness (QED) is 0.481. The Bertz CT molecular complexity index is 1200. The summed E-state index contributed by atoms with van der Waals surface area (Å²) >= 11 is 0. The number of hydrogen-bond acceptors (Lipinski definition) is 5. The number of alkyl carbamates (subject to hydrolysis) is 1. The van der Waals surface area contributed by atoms with Crippen LogP contribution in [0.4, 0.5) is 10.5 Å². The van der Waals surface area contributed by atoms with E-state index in [1.807, 2.05) is 36.4 Å². The van der Waals surface area contributed by atoms with E-state index in [0.29, 0.717) is 12.1 Å². The Hall–Kier alpha value is -4.20. The van der Waals surface area contributed by atoms with E-state index in [9.17, 15) is 14.4 Å². The normalized spacial score (nSPS) is 13.8. The third-order valence-corrected chi connectivity index (χ3v) is 6.17. The van der Waals surface area contributed by atoms with Crippen LogP contribution in [0, 0.1) is 0 Å². The van der Waals surface area contributed by atoms with Gasteiger partial charge >= 0.3 is 12.1 Å². The molecule has 8 nitrogen and oxygen atoms in total. The van der Waals surface area contributed by atoms with Crippen LogP contribution in [0.15, 0.2) is 66.9 Å². The van der Waals surface area contributed by atoms with Gasteiger partial charge in [0, 0.05) is 5.92 Å². The van der Waals surface area contributed by atoms with Gasteiger partial charge in [0.1, 0.15) is 17.8 Å². The number of nitrogens with zero attached hydrogens (tertiary/aromatic N) is 1. The number of amides is 2. The van der Waals surface area contributed by atoms with Crippen molar-refractivity contribution in [2.45, 2.75) is 31.7 Å². The van der Waals surface area contributed by atoms with E-state index in [0.717, 1.165) is 22.3 Å². The zero-order valence-corrected chi connectivity index (χ0v) is 18.9. The maximum absolute atomic E-state index is 12.9. The molecule has 2 aromatic carbocycles. The molecule has 0 aliphatic heterocycles. The highest BCUT2D eigenvalue weighted by Crippen LogP contribution is 2.44. The summed E-state index contributed by atoms with van der Waals surface area (Å²) in [4.78, 5) is 40.3. The van der Waals surface area contributed by atoms with Gasteiger partial charge in [0.15, 0.2) is 0 Å². The molecule has 4 rings (SSSR count). The first-order chi connectivity index (χ1) is 16.3. The van der Waals surface area contributed by atoms with E-state index in [1.54, 1.807) is 13.8 Å². The van der Waals surface area contributed by atoms with Gasteiger partial charge in [-0.1, -0.05) is 55.5 Å². The predicted octanol–water partition coefficient (Wildman–Crippen LogP) is 4.43. The van der Waals surface area contributed by atoms with Crippen LogP contribution < -0.4 is 10.6 Å². The fourth-order valence-corrected chi connectivity index (χ4v) is 4.03. The molecular weight excluding hydrogens is 434 g/mol. The monoisotopic (exact) mass is 459 g/mol. The topological polar surface area (TPSA) is 118 Å². The number of aromatic nitrogens is 1. The summed E-state index contributed by atoms with van der Waals surface area (Å²) < 4.78 is 5.57. The Balaban J connectivity index is 1.41. The number of carbonyl (C=O) groups excluding carboxylic acids is 2. The van der Waals surface area contributed by atoms with E-state index in [2.05, 4.69) is 27.8 Å². The van der Waals surface area contributed by atoms with Crippen molar-refractivity contribution in [2.75, 3.05) is 11.9 Å². The van der Waals surface area contributed by atoms with E-state index >= 15 is 0 Å². The lowest BCUT2D eigenvalue weighted by Gasteiger charge is -2.28. The summed E-state index contributed by atoms with van der Waals surface area (Å²) in [6, 6.07) is 18.8. The number of pyridine rings is 1. The summed E-state index contributed by atoms with van der Waals surface area (Å²) in [7, 11) is 0. The molecule has 0 radical (unpaired) electrons. The summed E-state index contributed by atoms with van der Waals surface area (Å²) in [5.41, 5.74) is 3.42. The number of fused-ring (bicyclic) bond motifs is 3. The Morgan fingerprint density at radius 1 is 1.00 bits per heavy atom. The van der Waals surface area contributed by atoms with E-state index in [-0.39, 0.29) is 18.2 Å². The van der Waals surface area contributed by atoms with Crippen LogP contribution in [0.5, 0.6) is 0 Å². The minimum Gasteiger partial charge on any atom is -0.477 e. The second-order valence-corrected chi connectivity index (χ2v) is 8.33. The number of carbonyl (C=O) groups is 3. The Morgan fingerprint density at radius 3 is 2.15 bits per heavy atom. The standard InChI is InChI=1S/C26H25N3O5/c1-3-26(2,24(32)28-16-12-13-22(23(30)31)27-14-16)29-25(33)34-15-21-19-10-6-4-8-17(19)18-9-5-7-11-20(18)21/h4-14,21H,3,15H2,1-2H3,(H,28,32)(H,29,33)(H,30,31). The molecule has 1 aliphatic rings. The average Bonchev–Trinajstić information content (AvgIpc) is 3.16. The molecule has 8 heteroatoms. The lowest BCUT2D eigenvalue weighted by molar-refractivity contribution is -0.121. The largest absolute Gasteiger partial charge is 0.477 e. The molecule has 1 aliphatic carbocycles. The van der Waals surface area contributed by atoms with Gasteiger partial charge in [-0.05, 0) is 47.7 Å². The van der Waals surface area contributed by atoms with Gasteiger partial charge in [-0.15, -0.1) is 0 Å². The minimum atomic E-state index is -1.24. The molecule has 34 heavy (non-hydrogen) atoms. The van der Waals surface area contributed by atoms with Gasteiger partial charge in [0.2, 0.25) is 5.91 Å². The first-order valence-corrected chi connectivity index (χ1v) is 11.0. The lowest BCUT2D eigenvalue weighted by atomic mass is 9.97. The lowest BCUT2D eigenvalue weighted by Crippen LogP contribution is -2.54. The first-order valence-electron chi connectivity index (χ1n) is 11.0. The second-order valence-electron chi connectivity index (χ2n) is 8.33. The molecule has 2 amide bonds. The van der Waals surface area contributed by atoms with Crippen LogP contribution in [0.2, 0.25) is 0 Å². The maximum Gasteiger partial charge on any atom is 0.408 e. The van der Waals surface area contributed by atoms with Crippen LogP contribution in [-0.2, 0) is 9.53 Å². The molecule has 1 aromatic heterocycles. The van der Waals surface area contributed by atoms with Gasteiger partial charge < -0.3 is 20.5 Å². The van der Waals surface area contributed by atoms with Crippen molar-refractivity contribution < 1.29 is 24.2 Å². The molecule has 3 N–H and O–H groups in total. The zero-order valence-electron chi connectivity index (χ0n) is 18.9. The van der Waals surface area contributed by atoms with Crippen LogP contribution in [0.3, 0.4) is 0 Å². The van der Waals surface area contributed by atoms with Gasteiger partial charge in [-0.2, -0.15) is 0 Å². The molecule has 1 unspecified atom stereocenters. The van der Waals surface area contributed by atoms with Crippen LogP contribution in [-0.4, -0.2) is 40.2 Å². The van der Waals surface area contributed by atoms with E-state index in [4.69, 9.17) is 9.84 Å². The molecule has 0 fully saturated rings. The van der Waals surface area contributed by atoms with E-state index < -0.39 is 23.5 Å². The summed E-state index contributed by atoms with van der Waals surface area (Å²) in [6.45, 7) is 3.51. The zero-order chi connectivity index (χ0) is 24.3. The number of anilines is 1. The molecule has 0 saturated heterocycles. The molecule has 1 atom stereocenters. The molecular formula is C26H25N3O5. The summed E-state index contributed by atoms with van der Waals surface area (Å²) in [6.07, 6.45) is 0.870. The molecule has 1 heterocycles.